The lowest BCUT2D eigenvalue weighted by Crippen LogP contribution is -2.41. The molecule has 0 bridgehead atoms. The van der Waals surface area contributed by atoms with Crippen molar-refractivity contribution in [3.63, 3.8) is 0 Å². The van der Waals surface area contributed by atoms with Crippen molar-refractivity contribution in [2.45, 2.75) is 31.6 Å². The summed E-state index contributed by atoms with van der Waals surface area (Å²) in [5.74, 6) is 0.851. The summed E-state index contributed by atoms with van der Waals surface area (Å²) in [4.78, 5) is 13.0. The van der Waals surface area contributed by atoms with Gasteiger partial charge in [-0.15, -0.1) is 0 Å². The van der Waals surface area contributed by atoms with E-state index in [4.69, 9.17) is 9.47 Å². The molecule has 0 atom stereocenters. The van der Waals surface area contributed by atoms with E-state index >= 15 is 0 Å². The van der Waals surface area contributed by atoms with Crippen molar-refractivity contribution < 1.29 is 22.7 Å². The molecule has 0 radical (unpaired) electrons. The van der Waals surface area contributed by atoms with E-state index in [1.807, 2.05) is 30.3 Å². The standard InChI is InChI=1S/C24H26N4O5S/c1-16-23(17(2)28(26-16)20-6-4-3-5-7-20)34(30,31)27-12-10-18(11-13-27)24(29)25-19-8-9-21-22(14-19)33-15-32-21/h3-9,14,18H,10-13,15H2,1-2H3,(H,25,29). The number of benzene rings is 2. The second-order valence-electron chi connectivity index (χ2n) is 8.48. The number of hydrogen-bond acceptors (Lipinski definition) is 6. The Hall–Kier alpha value is -3.37. The van der Waals surface area contributed by atoms with Gasteiger partial charge in [0.2, 0.25) is 22.7 Å². The fourth-order valence-electron chi connectivity index (χ4n) is 4.53. The van der Waals surface area contributed by atoms with E-state index in [0.717, 1.165) is 5.69 Å². The van der Waals surface area contributed by atoms with Crippen molar-refractivity contribution in [1.29, 1.82) is 0 Å². The second-order valence-corrected chi connectivity index (χ2v) is 10.4. The highest BCUT2D eigenvalue weighted by Crippen LogP contribution is 2.35. The maximum Gasteiger partial charge on any atom is 0.246 e. The number of piperidine rings is 1. The summed E-state index contributed by atoms with van der Waals surface area (Å²) >= 11 is 0. The van der Waals surface area contributed by atoms with Crippen LogP contribution >= 0.6 is 0 Å². The molecule has 34 heavy (non-hydrogen) atoms. The van der Waals surface area contributed by atoms with Crippen LogP contribution in [0.4, 0.5) is 5.69 Å². The summed E-state index contributed by atoms with van der Waals surface area (Å²) in [7, 11) is -3.74. The maximum absolute atomic E-state index is 13.5. The zero-order valence-corrected chi connectivity index (χ0v) is 19.8. The van der Waals surface area contributed by atoms with Crippen LogP contribution in [0, 0.1) is 19.8 Å². The van der Waals surface area contributed by atoms with E-state index < -0.39 is 10.0 Å². The number of carbonyl (C=O) groups excluding carboxylic acids is 1. The van der Waals surface area contributed by atoms with Gasteiger partial charge in [0.05, 0.1) is 17.1 Å². The number of para-hydroxylation sites is 1. The molecule has 0 unspecified atom stereocenters. The fourth-order valence-corrected chi connectivity index (χ4v) is 6.35. The first kappa shape index (κ1) is 22.4. The van der Waals surface area contributed by atoms with Gasteiger partial charge in [0.25, 0.3) is 0 Å². The Labute approximate surface area is 198 Å². The summed E-state index contributed by atoms with van der Waals surface area (Å²) in [6.07, 6.45) is 0.890. The van der Waals surface area contributed by atoms with Crippen LogP contribution in [0.5, 0.6) is 11.5 Å². The number of carbonyl (C=O) groups is 1. The molecular weight excluding hydrogens is 456 g/mol. The van der Waals surface area contributed by atoms with Gasteiger partial charge in [0, 0.05) is 30.8 Å². The Balaban J connectivity index is 1.27. The molecular formula is C24H26N4O5S. The van der Waals surface area contributed by atoms with E-state index in [2.05, 4.69) is 10.4 Å². The number of sulfonamides is 1. The molecule has 2 aliphatic rings. The Bertz CT molecular complexity index is 1330. The van der Waals surface area contributed by atoms with Gasteiger partial charge in [-0.25, -0.2) is 13.1 Å². The highest BCUT2D eigenvalue weighted by molar-refractivity contribution is 7.89. The molecule has 0 spiro atoms. The van der Waals surface area contributed by atoms with Crippen molar-refractivity contribution in [2.75, 3.05) is 25.2 Å². The zero-order valence-electron chi connectivity index (χ0n) is 19.0. The van der Waals surface area contributed by atoms with Gasteiger partial charge in [0.15, 0.2) is 11.5 Å². The molecule has 2 aromatic carbocycles. The van der Waals surface area contributed by atoms with Gasteiger partial charge >= 0.3 is 0 Å². The molecule has 3 heterocycles. The molecule has 1 saturated heterocycles. The number of aryl methyl sites for hydroxylation is 1. The number of anilines is 1. The lowest BCUT2D eigenvalue weighted by molar-refractivity contribution is -0.120. The van der Waals surface area contributed by atoms with E-state index in [9.17, 15) is 13.2 Å². The van der Waals surface area contributed by atoms with Crippen molar-refractivity contribution in [2.24, 2.45) is 5.92 Å². The molecule has 1 N–H and O–H groups in total. The van der Waals surface area contributed by atoms with Gasteiger partial charge in [-0.1, -0.05) is 18.2 Å². The highest BCUT2D eigenvalue weighted by Gasteiger charge is 2.35. The summed E-state index contributed by atoms with van der Waals surface area (Å²) in [6, 6.07) is 14.7. The number of fused-ring (bicyclic) bond motifs is 1. The molecule has 1 aromatic heterocycles. The summed E-state index contributed by atoms with van der Waals surface area (Å²) in [5.41, 5.74) is 2.47. The number of ether oxygens (including phenoxy) is 2. The van der Waals surface area contributed by atoms with E-state index in [1.54, 1.807) is 36.7 Å². The van der Waals surface area contributed by atoms with E-state index in [0.29, 0.717) is 41.4 Å². The minimum Gasteiger partial charge on any atom is -0.454 e. The van der Waals surface area contributed by atoms with Gasteiger partial charge in [0.1, 0.15) is 4.90 Å². The van der Waals surface area contributed by atoms with Crippen LogP contribution < -0.4 is 14.8 Å². The first-order valence-corrected chi connectivity index (χ1v) is 12.6. The van der Waals surface area contributed by atoms with Crippen LogP contribution in [0.25, 0.3) is 5.69 Å². The molecule has 1 fully saturated rings. The van der Waals surface area contributed by atoms with Crippen molar-refractivity contribution >= 4 is 21.6 Å². The van der Waals surface area contributed by atoms with Crippen molar-refractivity contribution in [3.05, 3.63) is 59.9 Å². The predicted molar refractivity (Wildman–Crippen MR) is 126 cm³/mol. The molecule has 3 aromatic rings. The Kier molecular flexibility index (Phi) is 5.78. The van der Waals surface area contributed by atoms with Crippen LogP contribution in [0.1, 0.15) is 24.2 Å². The van der Waals surface area contributed by atoms with Gasteiger partial charge in [-0.2, -0.15) is 9.40 Å². The molecule has 0 aliphatic carbocycles. The number of nitrogens with one attached hydrogen (secondary N) is 1. The Morgan fingerprint density at radius 2 is 1.74 bits per heavy atom. The third-order valence-corrected chi connectivity index (χ3v) is 8.44. The first-order chi connectivity index (χ1) is 16.3. The second kappa shape index (κ2) is 8.77. The summed E-state index contributed by atoms with van der Waals surface area (Å²) < 4.78 is 40.8. The average Bonchev–Trinajstić information content (AvgIpc) is 3.43. The van der Waals surface area contributed by atoms with Crippen LogP contribution in [0.15, 0.2) is 53.4 Å². The normalized spacial score (nSPS) is 16.5. The van der Waals surface area contributed by atoms with E-state index in [1.165, 1.54) is 4.31 Å². The molecule has 0 saturated carbocycles. The van der Waals surface area contributed by atoms with Crippen molar-refractivity contribution in [3.8, 4) is 17.2 Å². The number of hydrogen-bond donors (Lipinski definition) is 1. The molecule has 9 nitrogen and oxygen atoms in total. The molecule has 10 heteroatoms. The Morgan fingerprint density at radius 1 is 1.03 bits per heavy atom. The monoisotopic (exact) mass is 482 g/mol. The lowest BCUT2D eigenvalue weighted by Gasteiger charge is -2.30. The number of rotatable bonds is 5. The minimum absolute atomic E-state index is 0.125. The quantitative estimate of drug-likeness (QED) is 0.599. The molecule has 5 rings (SSSR count). The number of nitrogens with zero attached hydrogens (tertiary/aromatic N) is 3. The van der Waals surface area contributed by atoms with Crippen LogP contribution in [0.3, 0.4) is 0 Å². The van der Waals surface area contributed by atoms with Gasteiger partial charge in [-0.05, 0) is 51.0 Å². The van der Waals surface area contributed by atoms with Gasteiger partial charge in [-0.3, -0.25) is 4.79 Å². The fraction of sp³-hybridized carbons (Fsp3) is 0.333. The summed E-state index contributed by atoms with van der Waals surface area (Å²) in [6.45, 7) is 4.20. The highest BCUT2D eigenvalue weighted by atomic mass is 32.2. The largest absolute Gasteiger partial charge is 0.454 e. The smallest absolute Gasteiger partial charge is 0.246 e. The third kappa shape index (κ3) is 4.03. The van der Waals surface area contributed by atoms with Crippen molar-refractivity contribution in [1.82, 2.24) is 14.1 Å². The zero-order chi connectivity index (χ0) is 23.9. The topological polar surface area (TPSA) is 103 Å². The minimum atomic E-state index is -3.74. The van der Waals surface area contributed by atoms with Crippen LogP contribution in [-0.2, 0) is 14.8 Å². The molecule has 1 amide bonds. The van der Waals surface area contributed by atoms with Crippen LogP contribution in [-0.4, -0.2) is 48.3 Å². The van der Waals surface area contributed by atoms with Gasteiger partial charge < -0.3 is 14.8 Å². The van der Waals surface area contributed by atoms with E-state index in [-0.39, 0.29) is 36.6 Å². The molecule has 178 valence electrons. The molecule has 2 aliphatic heterocycles. The van der Waals surface area contributed by atoms with Crippen LogP contribution in [0.2, 0.25) is 0 Å². The third-order valence-electron chi connectivity index (χ3n) is 6.29. The maximum atomic E-state index is 13.5. The number of amides is 1. The number of aromatic nitrogens is 2. The Morgan fingerprint density at radius 3 is 2.47 bits per heavy atom. The average molecular weight is 483 g/mol. The lowest BCUT2D eigenvalue weighted by atomic mass is 9.97. The SMILES string of the molecule is Cc1nn(-c2ccccc2)c(C)c1S(=O)(=O)N1CCC(C(=O)Nc2ccc3c(c2)OCO3)CC1. The first-order valence-electron chi connectivity index (χ1n) is 11.2. The predicted octanol–water partition coefficient (Wildman–Crippen LogP) is 3.26. The summed E-state index contributed by atoms with van der Waals surface area (Å²) in [5, 5.41) is 7.39.